The molecule has 1 aliphatic carbocycles. The summed E-state index contributed by atoms with van der Waals surface area (Å²) < 4.78 is 1.55. The molecule has 1 saturated carbocycles. The lowest BCUT2D eigenvalue weighted by atomic mass is 9.79. The SMILES string of the molecule is Cc1cc(N)n(CC(=O)NCC2(c3ccccc3)CCCC2)n1. The molecule has 23 heavy (non-hydrogen) atoms. The number of benzene rings is 1. The van der Waals surface area contributed by atoms with E-state index in [0.29, 0.717) is 12.4 Å². The molecule has 0 atom stereocenters. The molecule has 0 saturated heterocycles. The van der Waals surface area contributed by atoms with Crippen LogP contribution in [0.15, 0.2) is 36.4 Å². The van der Waals surface area contributed by atoms with Crippen LogP contribution in [-0.4, -0.2) is 22.2 Å². The minimum atomic E-state index is -0.0398. The molecule has 0 unspecified atom stereocenters. The number of carbonyl (C=O) groups is 1. The van der Waals surface area contributed by atoms with Gasteiger partial charge in [-0.25, -0.2) is 4.68 Å². The first-order valence-electron chi connectivity index (χ1n) is 8.21. The van der Waals surface area contributed by atoms with Gasteiger partial charge >= 0.3 is 0 Å². The van der Waals surface area contributed by atoms with Gasteiger partial charge in [-0.2, -0.15) is 5.10 Å². The molecular weight excluding hydrogens is 288 g/mol. The highest BCUT2D eigenvalue weighted by Crippen LogP contribution is 2.40. The molecule has 5 nitrogen and oxygen atoms in total. The third kappa shape index (κ3) is 3.38. The lowest BCUT2D eigenvalue weighted by Crippen LogP contribution is -2.40. The number of rotatable bonds is 5. The Kier molecular flexibility index (Phi) is 4.37. The van der Waals surface area contributed by atoms with Crippen molar-refractivity contribution in [2.45, 2.75) is 44.6 Å². The number of hydrogen-bond donors (Lipinski definition) is 2. The first kappa shape index (κ1) is 15.6. The van der Waals surface area contributed by atoms with Crippen molar-refractivity contribution in [1.82, 2.24) is 15.1 Å². The van der Waals surface area contributed by atoms with Crippen LogP contribution in [0, 0.1) is 6.92 Å². The molecule has 1 heterocycles. The first-order chi connectivity index (χ1) is 11.1. The van der Waals surface area contributed by atoms with E-state index in [0.717, 1.165) is 18.5 Å². The van der Waals surface area contributed by atoms with Gasteiger partial charge in [0.2, 0.25) is 5.91 Å². The highest BCUT2D eigenvalue weighted by molar-refractivity contribution is 5.76. The Morgan fingerprint density at radius 1 is 1.30 bits per heavy atom. The number of carbonyl (C=O) groups excluding carboxylic acids is 1. The van der Waals surface area contributed by atoms with E-state index in [2.05, 4.69) is 34.7 Å². The summed E-state index contributed by atoms with van der Waals surface area (Å²) in [7, 11) is 0. The van der Waals surface area contributed by atoms with Crippen molar-refractivity contribution in [3.63, 3.8) is 0 Å². The molecule has 2 aromatic rings. The fourth-order valence-electron chi connectivity index (χ4n) is 3.56. The molecule has 3 N–H and O–H groups in total. The van der Waals surface area contributed by atoms with Crippen molar-refractivity contribution in [3.05, 3.63) is 47.7 Å². The Bertz CT molecular complexity index is 672. The van der Waals surface area contributed by atoms with Gasteiger partial charge in [-0.05, 0) is 25.3 Å². The van der Waals surface area contributed by atoms with Crippen LogP contribution in [0.5, 0.6) is 0 Å². The molecule has 1 aromatic carbocycles. The standard InChI is InChI=1S/C18H24N4O/c1-14-11-16(19)22(21-14)12-17(23)20-13-18(9-5-6-10-18)15-7-3-2-4-8-15/h2-4,7-8,11H,5-6,9-10,12-13,19H2,1H3,(H,20,23). The van der Waals surface area contributed by atoms with Crippen molar-refractivity contribution >= 4 is 11.7 Å². The monoisotopic (exact) mass is 312 g/mol. The van der Waals surface area contributed by atoms with Crippen molar-refractivity contribution in [1.29, 1.82) is 0 Å². The second-order valence-electron chi connectivity index (χ2n) is 6.50. The van der Waals surface area contributed by atoms with Crippen molar-refractivity contribution in [3.8, 4) is 0 Å². The van der Waals surface area contributed by atoms with Gasteiger partial charge < -0.3 is 11.1 Å². The molecule has 1 aliphatic rings. The Morgan fingerprint density at radius 3 is 2.61 bits per heavy atom. The quantitative estimate of drug-likeness (QED) is 0.890. The number of nitrogens with one attached hydrogen (secondary N) is 1. The van der Waals surface area contributed by atoms with Crippen molar-refractivity contribution in [2.24, 2.45) is 0 Å². The molecule has 1 amide bonds. The third-order valence-electron chi connectivity index (χ3n) is 4.80. The zero-order chi connectivity index (χ0) is 16.3. The fraction of sp³-hybridized carbons (Fsp3) is 0.444. The molecule has 0 aliphatic heterocycles. The molecule has 5 heteroatoms. The van der Waals surface area contributed by atoms with E-state index in [9.17, 15) is 4.79 Å². The van der Waals surface area contributed by atoms with E-state index in [1.807, 2.05) is 13.0 Å². The Morgan fingerprint density at radius 2 is 2.00 bits per heavy atom. The molecule has 1 fully saturated rings. The number of hydrogen-bond acceptors (Lipinski definition) is 3. The predicted octanol–water partition coefficient (Wildman–Crippen LogP) is 2.40. The normalized spacial score (nSPS) is 16.4. The minimum absolute atomic E-state index is 0.0398. The summed E-state index contributed by atoms with van der Waals surface area (Å²) in [5, 5.41) is 7.33. The Hall–Kier alpha value is -2.30. The van der Waals surface area contributed by atoms with Crippen LogP contribution in [0.2, 0.25) is 0 Å². The predicted molar refractivity (Wildman–Crippen MR) is 91.0 cm³/mol. The molecule has 122 valence electrons. The maximum atomic E-state index is 12.3. The third-order valence-corrected chi connectivity index (χ3v) is 4.80. The van der Waals surface area contributed by atoms with Crippen LogP contribution in [0.4, 0.5) is 5.82 Å². The van der Waals surface area contributed by atoms with Crippen LogP contribution >= 0.6 is 0 Å². The summed E-state index contributed by atoms with van der Waals surface area (Å²) in [5.41, 5.74) is 8.07. The zero-order valence-corrected chi connectivity index (χ0v) is 13.6. The van der Waals surface area contributed by atoms with Gasteiger partial charge in [-0.15, -0.1) is 0 Å². The van der Waals surface area contributed by atoms with E-state index in [1.165, 1.54) is 18.4 Å². The summed E-state index contributed by atoms with van der Waals surface area (Å²) in [6, 6.07) is 12.3. The minimum Gasteiger partial charge on any atom is -0.384 e. The van der Waals surface area contributed by atoms with E-state index in [4.69, 9.17) is 5.73 Å². The van der Waals surface area contributed by atoms with E-state index in [-0.39, 0.29) is 17.9 Å². The van der Waals surface area contributed by atoms with Crippen LogP contribution in [-0.2, 0) is 16.8 Å². The van der Waals surface area contributed by atoms with Gasteiger partial charge in [-0.1, -0.05) is 43.2 Å². The maximum Gasteiger partial charge on any atom is 0.241 e. The van der Waals surface area contributed by atoms with Crippen molar-refractivity contribution < 1.29 is 4.79 Å². The number of anilines is 1. The maximum absolute atomic E-state index is 12.3. The average molecular weight is 312 g/mol. The van der Waals surface area contributed by atoms with Crippen LogP contribution in [0.25, 0.3) is 0 Å². The van der Waals surface area contributed by atoms with Crippen LogP contribution in [0.3, 0.4) is 0 Å². The first-order valence-corrected chi connectivity index (χ1v) is 8.21. The summed E-state index contributed by atoms with van der Waals surface area (Å²) >= 11 is 0. The fourth-order valence-corrected chi connectivity index (χ4v) is 3.56. The van der Waals surface area contributed by atoms with Gasteiger partial charge in [0.25, 0.3) is 0 Å². The number of nitrogen functional groups attached to an aromatic ring is 1. The van der Waals surface area contributed by atoms with Gasteiger partial charge in [0.15, 0.2) is 0 Å². The summed E-state index contributed by atoms with van der Waals surface area (Å²) in [6.07, 6.45) is 4.69. The zero-order valence-electron chi connectivity index (χ0n) is 13.6. The Balaban J connectivity index is 1.65. The number of aryl methyl sites for hydroxylation is 1. The lowest BCUT2D eigenvalue weighted by molar-refractivity contribution is -0.122. The number of nitrogens with zero attached hydrogens (tertiary/aromatic N) is 2. The number of amides is 1. The highest BCUT2D eigenvalue weighted by Gasteiger charge is 2.35. The van der Waals surface area contributed by atoms with Gasteiger partial charge in [0.05, 0.1) is 5.69 Å². The topological polar surface area (TPSA) is 72.9 Å². The molecular formula is C18H24N4O. The van der Waals surface area contributed by atoms with E-state index in [1.54, 1.807) is 10.7 Å². The smallest absolute Gasteiger partial charge is 0.241 e. The second kappa shape index (κ2) is 6.44. The van der Waals surface area contributed by atoms with E-state index < -0.39 is 0 Å². The molecule has 0 radical (unpaired) electrons. The van der Waals surface area contributed by atoms with Gasteiger partial charge in [-0.3, -0.25) is 4.79 Å². The largest absolute Gasteiger partial charge is 0.384 e. The molecule has 1 aromatic heterocycles. The molecule has 3 rings (SSSR count). The lowest BCUT2D eigenvalue weighted by Gasteiger charge is -2.30. The number of aromatic nitrogens is 2. The highest BCUT2D eigenvalue weighted by atomic mass is 16.2. The van der Waals surface area contributed by atoms with Gasteiger partial charge in [0.1, 0.15) is 12.4 Å². The number of nitrogens with two attached hydrogens (primary N) is 1. The van der Waals surface area contributed by atoms with Crippen LogP contribution in [0.1, 0.15) is 36.9 Å². The second-order valence-corrected chi connectivity index (χ2v) is 6.50. The molecule has 0 spiro atoms. The van der Waals surface area contributed by atoms with E-state index >= 15 is 0 Å². The summed E-state index contributed by atoms with van der Waals surface area (Å²) in [5.74, 6) is 0.485. The molecule has 0 bridgehead atoms. The Labute approximate surface area is 136 Å². The van der Waals surface area contributed by atoms with Crippen LogP contribution < -0.4 is 11.1 Å². The summed E-state index contributed by atoms with van der Waals surface area (Å²) in [4.78, 5) is 12.3. The average Bonchev–Trinajstić information content (AvgIpc) is 3.14. The summed E-state index contributed by atoms with van der Waals surface area (Å²) in [6.45, 7) is 2.72. The van der Waals surface area contributed by atoms with Crippen molar-refractivity contribution in [2.75, 3.05) is 12.3 Å². The van der Waals surface area contributed by atoms with Gasteiger partial charge in [0, 0.05) is 18.0 Å².